The molecule has 0 aliphatic heterocycles. The van der Waals surface area contributed by atoms with Crippen molar-refractivity contribution in [3.63, 3.8) is 0 Å². The summed E-state index contributed by atoms with van der Waals surface area (Å²) < 4.78 is 12.0. The molecule has 0 bridgehead atoms. The van der Waals surface area contributed by atoms with Crippen LogP contribution in [0.15, 0.2) is 30.4 Å². The average Bonchev–Trinajstić information content (AvgIpc) is 2.78. The van der Waals surface area contributed by atoms with Crippen LogP contribution in [0.4, 0.5) is 0 Å². The molecule has 166 valence electrons. The van der Waals surface area contributed by atoms with Crippen LogP contribution in [-0.4, -0.2) is 19.3 Å². The van der Waals surface area contributed by atoms with Crippen molar-refractivity contribution in [3.05, 3.63) is 41.5 Å². The molecule has 3 aliphatic carbocycles. The van der Waals surface area contributed by atoms with E-state index in [4.69, 9.17) is 9.47 Å². The number of hydrogen-bond donors (Lipinski definition) is 0. The van der Waals surface area contributed by atoms with Crippen LogP contribution in [0.3, 0.4) is 0 Å². The van der Waals surface area contributed by atoms with E-state index in [0.29, 0.717) is 6.10 Å². The Labute approximate surface area is 184 Å². The second kappa shape index (κ2) is 10.8. The fourth-order valence-electron chi connectivity index (χ4n) is 6.34. The van der Waals surface area contributed by atoms with E-state index in [-0.39, 0.29) is 0 Å². The molecule has 5 atom stereocenters. The summed E-state index contributed by atoms with van der Waals surface area (Å²) in [5.41, 5.74) is 3.14. The third-order valence-corrected chi connectivity index (χ3v) is 8.15. The van der Waals surface area contributed by atoms with E-state index in [1.807, 2.05) is 0 Å². The highest BCUT2D eigenvalue weighted by Crippen LogP contribution is 2.47. The van der Waals surface area contributed by atoms with Crippen molar-refractivity contribution in [2.24, 2.45) is 23.7 Å². The van der Waals surface area contributed by atoms with E-state index in [9.17, 15) is 0 Å². The molecular weight excluding hydrogens is 368 g/mol. The van der Waals surface area contributed by atoms with E-state index in [1.54, 1.807) is 11.1 Å². The minimum atomic E-state index is 0.509. The number of allylic oxidation sites excluding steroid dienone is 1. The molecule has 0 spiro atoms. The average molecular weight is 411 g/mol. The number of rotatable bonds is 8. The van der Waals surface area contributed by atoms with Crippen LogP contribution in [0.25, 0.3) is 0 Å². The number of unbranched alkanes of at least 4 members (excludes halogenated alkanes) is 1. The van der Waals surface area contributed by atoms with Gasteiger partial charge in [0.05, 0.1) is 19.3 Å². The molecule has 2 saturated carbocycles. The zero-order chi connectivity index (χ0) is 20.8. The van der Waals surface area contributed by atoms with Gasteiger partial charge >= 0.3 is 0 Å². The molecule has 1 aromatic rings. The zero-order valence-corrected chi connectivity index (χ0v) is 19.3. The summed E-state index contributed by atoms with van der Waals surface area (Å²) in [6.07, 6.45) is 19.3. The van der Waals surface area contributed by atoms with E-state index in [0.717, 1.165) is 49.1 Å². The standard InChI is InChI=1S/C28H42O2/c1-3-5-15-29-27-13-11-23-17-21(7-9-25(23)19-27)22-8-10-26-20-28(30-16-6-4-2)14-12-24(26)18-22/h3,5,12,14,20-23,25,27H,4,6-11,13,15-19H2,1-2H3/t21?,22?,23-,25?,27-/m1/s1. The monoisotopic (exact) mass is 410 g/mol. The lowest BCUT2D eigenvalue weighted by atomic mass is 9.62. The van der Waals surface area contributed by atoms with Crippen LogP contribution in [0.2, 0.25) is 0 Å². The van der Waals surface area contributed by atoms with Gasteiger partial charge in [0.25, 0.3) is 0 Å². The summed E-state index contributed by atoms with van der Waals surface area (Å²) in [6, 6.07) is 6.90. The fourth-order valence-corrected chi connectivity index (χ4v) is 6.34. The van der Waals surface area contributed by atoms with E-state index in [1.165, 1.54) is 64.2 Å². The first-order valence-corrected chi connectivity index (χ1v) is 12.7. The molecule has 0 heterocycles. The quantitative estimate of drug-likeness (QED) is 0.335. The Hall–Kier alpha value is -1.28. The molecule has 0 N–H and O–H groups in total. The van der Waals surface area contributed by atoms with Crippen molar-refractivity contribution in [2.45, 2.75) is 90.6 Å². The highest BCUT2D eigenvalue weighted by atomic mass is 16.5. The molecule has 30 heavy (non-hydrogen) atoms. The highest BCUT2D eigenvalue weighted by molar-refractivity contribution is 5.37. The van der Waals surface area contributed by atoms with Gasteiger partial charge < -0.3 is 9.47 Å². The van der Waals surface area contributed by atoms with Gasteiger partial charge in [-0.05, 0) is 118 Å². The molecule has 2 nitrogen and oxygen atoms in total. The Kier molecular flexibility index (Phi) is 7.93. The van der Waals surface area contributed by atoms with Gasteiger partial charge in [0.2, 0.25) is 0 Å². The Bertz CT molecular complexity index is 694. The minimum absolute atomic E-state index is 0.509. The smallest absolute Gasteiger partial charge is 0.119 e. The predicted molar refractivity (Wildman–Crippen MR) is 125 cm³/mol. The molecule has 0 aromatic heterocycles. The predicted octanol–water partition coefficient (Wildman–Crippen LogP) is 7.15. The maximum absolute atomic E-state index is 6.10. The largest absolute Gasteiger partial charge is 0.494 e. The van der Waals surface area contributed by atoms with Crippen molar-refractivity contribution in [3.8, 4) is 5.75 Å². The first-order valence-electron chi connectivity index (χ1n) is 12.7. The molecule has 4 rings (SSSR count). The van der Waals surface area contributed by atoms with Gasteiger partial charge in [-0.25, -0.2) is 0 Å². The van der Waals surface area contributed by atoms with Gasteiger partial charge in [-0.2, -0.15) is 0 Å². The number of fused-ring (bicyclic) bond motifs is 2. The maximum Gasteiger partial charge on any atom is 0.119 e. The maximum atomic E-state index is 6.10. The van der Waals surface area contributed by atoms with Crippen molar-refractivity contribution >= 4 is 0 Å². The van der Waals surface area contributed by atoms with Gasteiger partial charge in [0, 0.05) is 0 Å². The molecule has 3 unspecified atom stereocenters. The number of hydrogen-bond acceptors (Lipinski definition) is 2. The Morgan fingerprint density at radius 1 is 0.933 bits per heavy atom. The molecule has 1 aromatic carbocycles. The van der Waals surface area contributed by atoms with E-state index < -0.39 is 0 Å². The molecule has 0 amide bonds. The first kappa shape index (κ1) is 21.9. The third kappa shape index (κ3) is 5.49. The first-order chi connectivity index (χ1) is 14.8. The van der Waals surface area contributed by atoms with Crippen molar-refractivity contribution < 1.29 is 9.47 Å². The van der Waals surface area contributed by atoms with Gasteiger partial charge in [-0.1, -0.05) is 31.6 Å². The molecular formula is C28H42O2. The SMILES string of the molecule is CC=CCO[C@@H]1CC[C@@H]2CC(C3CCc4cc(OCCCC)ccc4C3)CCC2C1. The van der Waals surface area contributed by atoms with Crippen LogP contribution in [0, 0.1) is 23.7 Å². The number of ether oxygens (including phenoxy) is 2. The van der Waals surface area contributed by atoms with Crippen LogP contribution >= 0.6 is 0 Å². The molecule has 0 saturated heterocycles. The lowest BCUT2D eigenvalue weighted by Gasteiger charge is -2.44. The fraction of sp³-hybridized carbons (Fsp3) is 0.714. The lowest BCUT2D eigenvalue weighted by Crippen LogP contribution is -2.37. The number of benzene rings is 1. The summed E-state index contributed by atoms with van der Waals surface area (Å²) in [4.78, 5) is 0. The van der Waals surface area contributed by atoms with Gasteiger partial charge in [-0.3, -0.25) is 0 Å². The van der Waals surface area contributed by atoms with E-state index >= 15 is 0 Å². The second-order valence-corrected chi connectivity index (χ2v) is 10.1. The van der Waals surface area contributed by atoms with Crippen LogP contribution < -0.4 is 4.74 Å². The molecule has 0 radical (unpaired) electrons. The summed E-state index contributed by atoms with van der Waals surface area (Å²) >= 11 is 0. The van der Waals surface area contributed by atoms with Crippen LogP contribution in [0.5, 0.6) is 5.75 Å². The van der Waals surface area contributed by atoms with Gasteiger partial charge in [0.15, 0.2) is 0 Å². The zero-order valence-electron chi connectivity index (χ0n) is 19.3. The Morgan fingerprint density at radius 2 is 1.73 bits per heavy atom. The minimum Gasteiger partial charge on any atom is -0.494 e. The topological polar surface area (TPSA) is 18.5 Å². The molecule has 2 fully saturated rings. The molecule has 2 heteroatoms. The lowest BCUT2D eigenvalue weighted by molar-refractivity contribution is -0.0138. The van der Waals surface area contributed by atoms with Crippen molar-refractivity contribution in [1.82, 2.24) is 0 Å². The third-order valence-electron chi connectivity index (χ3n) is 8.15. The van der Waals surface area contributed by atoms with Crippen LogP contribution in [-0.2, 0) is 17.6 Å². The summed E-state index contributed by atoms with van der Waals surface area (Å²) in [6.45, 7) is 5.94. The van der Waals surface area contributed by atoms with Gasteiger partial charge in [-0.15, -0.1) is 0 Å². The Morgan fingerprint density at radius 3 is 2.57 bits per heavy atom. The normalized spacial score (nSPS) is 31.3. The summed E-state index contributed by atoms with van der Waals surface area (Å²) in [5.74, 6) is 4.80. The van der Waals surface area contributed by atoms with Crippen molar-refractivity contribution in [2.75, 3.05) is 13.2 Å². The summed E-state index contributed by atoms with van der Waals surface area (Å²) in [7, 11) is 0. The summed E-state index contributed by atoms with van der Waals surface area (Å²) in [5, 5.41) is 0. The second-order valence-electron chi connectivity index (χ2n) is 10.1. The van der Waals surface area contributed by atoms with E-state index in [2.05, 4.69) is 44.2 Å². The van der Waals surface area contributed by atoms with Crippen molar-refractivity contribution in [1.29, 1.82) is 0 Å². The van der Waals surface area contributed by atoms with Crippen LogP contribution in [0.1, 0.15) is 82.8 Å². The molecule has 3 aliphatic rings. The van der Waals surface area contributed by atoms with Gasteiger partial charge in [0.1, 0.15) is 5.75 Å². The number of aryl methyl sites for hydroxylation is 1. The highest BCUT2D eigenvalue weighted by Gasteiger charge is 2.38. The Balaban J connectivity index is 1.28.